The minimum Gasteiger partial charge on any atom is -0.496 e. The van der Waals surface area contributed by atoms with E-state index in [-0.39, 0.29) is 17.5 Å². The Morgan fingerprint density at radius 1 is 1.41 bits per heavy atom. The lowest BCUT2D eigenvalue weighted by Crippen LogP contribution is -2.29. The van der Waals surface area contributed by atoms with Crippen molar-refractivity contribution in [2.24, 2.45) is 0 Å². The second-order valence-electron chi connectivity index (χ2n) is 4.97. The molecule has 1 saturated heterocycles. The maximum atomic E-state index is 14.3. The zero-order valence-corrected chi connectivity index (χ0v) is 13.1. The van der Waals surface area contributed by atoms with Gasteiger partial charge in [-0.25, -0.2) is 9.37 Å². The second-order valence-corrected chi connectivity index (χ2v) is 6.04. The van der Waals surface area contributed by atoms with Gasteiger partial charge in [-0.1, -0.05) is 6.07 Å². The largest absolute Gasteiger partial charge is 0.496 e. The number of halogens is 1. The summed E-state index contributed by atoms with van der Waals surface area (Å²) in [5, 5.41) is -0.474. The molecule has 1 fully saturated rings. The van der Waals surface area contributed by atoms with E-state index >= 15 is 0 Å². The van der Waals surface area contributed by atoms with Crippen LogP contribution in [0, 0.1) is 12.7 Å². The molecule has 114 valence electrons. The van der Waals surface area contributed by atoms with Gasteiger partial charge in [-0.2, -0.15) is 0 Å². The number of hydrogen-bond donors (Lipinski definition) is 0. The number of aromatic nitrogens is 1. The van der Waals surface area contributed by atoms with Crippen LogP contribution in [-0.2, 0) is 4.79 Å². The van der Waals surface area contributed by atoms with Crippen molar-refractivity contribution in [3.05, 3.63) is 53.5 Å². The summed E-state index contributed by atoms with van der Waals surface area (Å²) in [6.45, 7) is 1.93. The van der Waals surface area contributed by atoms with Crippen LogP contribution in [0.3, 0.4) is 0 Å². The zero-order valence-electron chi connectivity index (χ0n) is 12.2. The molecular weight excluding hydrogens is 303 g/mol. The second kappa shape index (κ2) is 5.96. The number of amides is 1. The van der Waals surface area contributed by atoms with Gasteiger partial charge in [0.15, 0.2) is 0 Å². The highest BCUT2D eigenvalue weighted by atomic mass is 32.2. The molecule has 2 aromatic rings. The minimum absolute atomic E-state index is 0.0848. The normalized spacial score (nSPS) is 17.9. The van der Waals surface area contributed by atoms with Crippen LogP contribution in [0.1, 0.15) is 16.5 Å². The molecule has 3 rings (SSSR count). The molecule has 1 atom stereocenters. The number of benzene rings is 1. The van der Waals surface area contributed by atoms with Gasteiger partial charge in [-0.05, 0) is 36.8 Å². The van der Waals surface area contributed by atoms with Crippen molar-refractivity contribution in [2.75, 3.05) is 17.8 Å². The molecule has 0 N–H and O–H groups in total. The molecular formula is C16H15FN2O2S. The van der Waals surface area contributed by atoms with Crippen molar-refractivity contribution in [1.82, 2.24) is 4.98 Å². The predicted molar refractivity (Wildman–Crippen MR) is 84.6 cm³/mol. The molecule has 0 aliphatic carbocycles. The number of pyridine rings is 1. The highest BCUT2D eigenvalue weighted by Gasteiger charge is 2.38. The number of nitrogens with zero attached hydrogens (tertiary/aromatic N) is 2. The van der Waals surface area contributed by atoms with E-state index in [1.165, 1.54) is 24.9 Å². The van der Waals surface area contributed by atoms with Gasteiger partial charge in [-0.3, -0.25) is 9.69 Å². The van der Waals surface area contributed by atoms with Gasteiger partial charge in [0, 0.05) is 6.20 Å². The lowest BCUT2D eigenvalue weighted by molar-refractivity contribution is -0.115. The fourth-order valence-electron chi connectivity index (χ4n) is 2.47. The van der Waals surface area contributed by atoms with Gasteiger partial charge in [0.05, 0.1) is 18.4 Å². The molecule has 1 unspecified atom stereocenters. The number of hydrogen-bond acceptors (Lipinski definition) is 4. The van der Waals surface area contributed by atoms with E-state index in [4.69, 9.17) is 4.74 Å². The maximum absolute atomic E-state index is 14.3. The van der Waals surface area contributed by atoms with E-state index in [0.717, 1.165) is 5.56 Å². The summed E-state index contributed by atoms with van der Waals surface area (Å²) in [5.41, 5.74) is 1.37. The molecule has 0 bridgehead atoms. The maximum Gasteiger partial charge on any atom is 0.239 e. The number of rotatable bonds is 3. The number of carbonyl (C=O) groups excluding carboxylic acids is 1. The third kappa shape index (κ3) is 2.54. The molecule has 0 radical (unpaired) electrons. The summed E-state index contributed by atoms with van der Waals surface area (Å²) >= 11 is 1.37. The van der Waals surface area contributed by atoms with E-state index in [0.29, 0.717) is 17.1 Å². The number of carbonyl (C=O) groups is 1. The van der Waals surface area contributed by atoms with Crippen molar-refractivity contribution in [3.8, 4) is 5.75 Å². The summed E-state index contributed by atoms with van der Waals surface area (Å²) in [6, 6.07) is 8.35. The third-order valence-electron chi connectivity index (χ3n) is 3.50. The van der Waals surface area contributed by atoms with Crippen molar-refractivity contribution in [1.29, 1.82) is 0 Å². The standard InChI is InChI=1S/C16H15FN2O2S/c1-10-6-7-18-13(8-10)19-14(20)9-22-16(19)15-11(17)4-3-5-12(15)21-2/h3-8,16H,9H2,1-2H3. The molecule has 1 aromatic carbocycles. The summed E-state index contributed by atoms with van der Waals surface area (Å²) in [7, 11) is 1.50. The number of aryl methyl sites for hydroxylation is 1. The van der Waals surface area contributed by atoms with Crippen LogP contribution in [0.25, 0.3) is 0 Å². The Morgan fingerprint density at radius 3 is 2.95 bits per heavy atom. The van der Waals surface area contributed by atoms with E-state index in [2.05, 4.69) is 4.98 Å². The number of anilines is 1. The van der Waals surface area contributed by atoms with Gasteiger partial charge >= 0.3 is 0 Å². The topological polar surface area (TPSA) is 42.4 Å². The van der Waals surface area contributed by atoms with Crippen LogP contribution >= 0.6 is 11.8 Å². The Morgan fingerprint density at radius 2 is 2.23 bits per heavy atom. The average molecular weight is 318 g/mol. The van der Waals surface area contributed by atoms with Gasteiger partial charge in [0.25, 0.3) is 0 Å². The highest BCUT2D eigenvalue weighted by molar-refractivity contribution is 8.00. The molecule has 4 nitrogen and oxygen atoms in total. The SMILES string of the molecule is COc1cccc(F)c1C1SCC(=O)N1c1cc(C)ccn1. The Bertz CT molecular complexity index is 723. The number of methoxy groups -OCH3 is 1. The van der Waals surface area contributed by atoms with E-state index in [1.54, 1.807) is 23.2 Å². The number of ether oxygens (including phenoxy) is 1. The molecule has 6 heteroatoms. The molecule has 2 heterocycles. The fraction of sp³-hybridized carbons (Fsp3) is 0.250. The van der Waals surface area contributed by atoms with Gasteiger partial charge in [0.1, 0.15) is 22.8 Å². The molecule has 1 aliphatic heterocycles. The Hall–Kier alpha value is -2.08. The van der Waals surface area contributed by atoms with Crippen LogP contribution in [0.15, 0.2) is 36.5 Å². The van der Waals surface area contributed by atoms with Crippen LogP contribution in [0.5, 0.6) is 5.75 Å². The highest BCUT2D eigenvalue weighted by Crippen LogP contribution is 2.45. The smallest absolute Gasteiger partial charge is 0.239 e. The molecule has 1 aromatic heterocycles. The van der Waals surface area contributed by atoms with Crippen molar-refractivity contribution in [2.45, 2.75) is 12.3 Å². The summed E-state index contributed by atoms with van der Waals surface area (Å²) in [5.74, 6) is 0.787. The van der Waals surface area contributed by atoms with Gasteiger partial charge < -0.3 is 4.74 Å². The quantitative estimate of drug-likeness (QED) is 0.871. The first-order valence-electron chi connectivity index (χ1n) is 6.80. The van der Waals surface area contributed by atoms with Crippen LogP contribution < -0.4 is 9.64 Å². The molecule has 1 aliphatic rings. The lowest BCUT2D eigenvalue weighted by Gasteiger charge is -2.25. The Labute approximate surface area is 132 Å². The van der Waals surface area contributed by atoms with Crippen molar-refractivity contribution in [3.63, 3.8) is 0 Å². The fourth-order valence-corrected chi connectivity index (χ4v) is 3.68. The lowest BCUT2D eigenvalue weighted by atomic mass is 10.1. The first-order valence-corrected chi connectivity index (χ1v) is 7.85. The molecule has 0 spiro atoms. The predicted octanol–water partition coefficient (Wildman–Crippen LogP) is 3.32. The molecule has 1 amide bonds. The first kappa shape index (κ1) is 14.8. The minimum atomic E-state index is -0.474. The monoisotopic (exact) mass is 318 g/mol. The summed E-state index contributed by atoms with van der Waals surface area (Å²) < 4.78 is 19.6. The van der Waals surface area contributed by atoms with Crippen molar-refractivity contribution < 1.29 is 13.9 Å². The van der Waals surface area contributed by atoms with Gasteiger partial charge in [-0.15, -0.1) is 11.8 Å². The van der Waals surface area contributed by atoms with Crippen LogP contribution in [-0.4, -0.2) is 23.8 Å². The van der Waals surface area contributed by atoms with Crippen molar-refractivity contribution >= 4 is 23.5 Å². The average Bonchev–Trinajstić information content (AvgIpc) is 2.88. The Kier molecular flexibility index (Phi) is 4.02. The Balaban J connectivity index is 2.09. The molecule has 22 heavy (non-hydrogen) atoms. The first-order chi connectivity index (χ1) is 10.6. The summed E-state index contributed by atoms with van der Waals surface area (Å²) in [4.78, 5) is 18.1. The van der Waals surface area contributed by atoms with Gasteiger partial charge in [0.2, 0.25) is 5.91 Å². The third-order valence-corrected chi connectivity index (χ3v) is 4.67. The van der Waals surface area contributed by atoms with E-state index in [1.807, 2.05) is 19.1 Å². The summed E-state index contributed by atoms with van der Waals surface area (Å²) in [6.07, 6.45) is 1.65. The van der Waals surface area contributed by atoms with Crippen LogP contribution in [0.2, 0.25) is 0 Å². The number of thioether (sulfide) groups is 1. The van der Waals surface area contributed by atoms with E-state index < -0.39 is 5.37 Å². The van der Waals surface area contributed by atoms with Crippen LogP contribution in [0.4, 0.5) is 10.2 Å². The zero-order chi connectivity index (χ0) is 15.7. The molecule has 0 saturated carbocycles. The van der Waals surface area contributed by atoms with E-state index in [9.17, 15) is 9.18 Å².